The van der Waals surface area contributed by atoms with E-state index in [0.29, 0.717) is 12.3 Å². The number of piperidine rings is 3. The molecule has 1 aromatic rings. The van der Waals surface area contributed by atoms with Crippen LogP contribution in [0.3, 0.4) is 0 Å². The standard InChI is InChI=1S/C29H42N4O3/c1-20(32-16-12-23(13-17-32)28(35)36-29(3,4)5)18-22-10-14-33(15-11-22)26-8-6-24(19-30-26)25-7-9-27(34)31-21(25)2/h6,8,19,22-23,25H,1-2,7,9-18H2,3-5H3,(H,31,34). The summed E-state index contributed by atoms with van der Waals surface area (Å²) in [6.45, 7) is 18.0. The number of amides is 1. The summed E-state index contributed by atoms with van der Waals surface area (Å²) in [4.78, 5) is 33.4. The largest absolute Gasteiger partial charge is 0.460 e. The third-order valence-electron chi connectivity index (χ3n) is 7.70. The van der Waals surface area contributed by atoms with Crippen LogP contribution in [0.1, 0.15) is 77.2 Å². The zero-order chi connectivity index (χ0) is 25.9. The number of allylic oxidation sites excluding steroid dienone is 2. The van der Waals surface area contributed by atoms with Crippen LogP contribution < -0.4 is 10.2 Å². The fourth-order valence-electron chi connectivity index (χ4n) is 5.58. The van der Waals surface area contributed by atoms with Gasteiger partial charge in [0.25, 0.3) is 0 Å². The van der Waals surface area contributed by atoms with Gasteiger partial charge in [-0.2, -0.15) is 0 Å². The lowest BCUT2D eigenvalue weighted by atomic mass is 9.89. The summed E-state index contributed by atoms with van der Waals surface area (Å²) < 4.78 is 5.58. The molecular formula is C29H42N4O3. The summed E-state index contributed by atoms with van der Waals surface area (Å²) in [7, 11) is 0. The Bertz CT molecular complexity index is 965. The van der Waals surface area contributed by atoms with Gasteiger partial charge in [-0.15, -0.1) is 0 Å². The first-order valence-electron chi connectivity index (χ1n) is 13.4. The summed E-state index contributed by atoms with van der Waals surface area (Å²) in [5, 5.41) is 2.86. The van der Waals surface area contributed by atoms with Crippen LogP contribution in [0, 0.1) is 11.8 Å². The molecule has 7 nitrogen and oxygen atoms in total. The maximum Gasteiger partial charge on any atom is 0.309 e. The summed E-state index contributed by atoms with van der Waals surface area (Å²) in [6.07, 6.45) is 8.23. The summed E-state index contributed by atoms with van der Waals surface area (Å²) >= 11 is 0. The molecule has 3 fully saturated rings. The average molecular weight is 495 g/mol. The van der Waals surface area contributed by atoms with E-state index in [4.69, 9.17) is 9.72 Å². The summed E-state index contributed by atoms with van der Waals surface area (Å²) in [5.41, 5.74) is 2.67. The van der Waals surface area contributed by atoms with Crippen molar-refractivity contribution in [1.82, 2.24) is 15.2 Å². The number of nitrogens with one attached hydrogen (secondary N) is 1. The van der Waals surface area contributed by atoms with Crippen molar-refractivity contribution >= 4 is 17.7 Å². The highest BCUT2D eigenvalue weighted by atomic mass is 16.6. The minimum atomic E-state index is -0.423. The molecule has 1 N–H and O–H groups in total. The Balaban J connectivity index is 1.20. The Morgan fingerprint density at radius 1 is 1.11 bits per heavy atom. The van der Waals surface area contributed by atoms with Crippen LogP contribution in [0.15, 0.2) is 42.9 Å². The van der Waals surface area contributed by atoms with E-state index >= 15 is 0 Å². The van der Waals surface area contributed by atoms with Crippen molar-refractivity contribution in [2.24, 2.45) is 11.8 Å². The zero-order valence-electron chi connectivity index (χ0n) is 22.2. The number of aromatic nitrogens is 1. The van der Waals surface area contributed by atoms with Gasteiger partial charge in [-0.3, -0.25) is 9.59 Å². The lowest BCUT2D eigenvalue weighted by molar-refractivity contribution is -0.161. The molecule has 36 heavy (non-hydrogen) atoms. The Morgan fingerprint density at radius 3 is 2.39 bits per heavy atom. The van der Waals surface area contributed by atoms with Crippen molar-refractivity contribution in [2.75, 3.05) is 31.1 Å². The predicted molar refractivity (Wildman–Crippen MR) is 142 cm³/mol. The normalized spacial score (nSPS) is 22.4. The van der Waals surface area contributed by atoms with Crippen LogP contribution in [0.4, 0.5) is 5.82 Å². The predicted octanol–water partition coefficient (Wildman–Crippen LogP) is 4.76. The van der Waals surface area contributed by atoms with Crippen molar-refractivity contribution < 1.29 is 14.3 Å². The number of anilines is 1. The monoisotopic (exact) mass is 494 g/mol. The molecule has 1 aromatic heterocycles. The number of hydrogen-bond donors (Lipinski definition) is 1. The molecule has 3 saturated heterocycles. The molecule has 0 saturated carbocycles. The molecule has 1 atom stereocenters. The van der Waals surface area contributed by atoms with Crippen LogP contribution >= 0.6 is 0 Å². The van der Waals surface area contributed by atoms with E-state index in [-0.39, 0.29) is 23.7 Å². The van der Waals surface area contributed by atoms with E-state index < -0.39 is 5.60 Å². The number of hydrogen-bond acceptors (Lipinski definition) is 6. The maximum atomic E-state index is 12.4. The van der Waals surface area contributed by atoms with E-state index in [1.165, 1.54) is 5.70 Å². The first-order valence-corrected chi connectivity index (χ1v) is 13.4. The van der Waals surface area contributed by atoms with Crippen molar-refractivity contribution in [3.63, 3.8) is 0 Å². The minimum absolute atomic E-state index is 0.00494. The van der Waals surface area contributed by atoms with E-state index in [9.17, 15) is 9.59 Å². The molecule has 4 rings (SSSR count). The molecule has 196 valence electrons. The van der Waals surface area contributed by atoms with Crippen LogP contribution in [0.25, 0.3) is 0 Å². The lowest BCUT2D eigenvalue weighted by Gasteiger charge is -2.38. The molecule has 7 heteroatoms. The number of ether oxygens (including phenoxy) is 1. The van der Waals surface area contributed by atoms with Crippen molar-refractivity contribution in [2.45, 2.75) is 77.2 Å². The third-order valence-corrected chi connectivity index (χ3v) is 7.70. The lowest BCUT2D eigenvalue weighted by Crippen LogP contribution is -2.39. The fraction of sp³-hybridized carbons (Fsp3) is 0.621. The van der Waals surface area contributed by atoms with Gasteiger partial charge in [0.15, 0.2) is 0 Å². The molecule has 3 aliphatic heterocycles. The second-order valence-electron chi connectivity index (χ2n) is 11.6. The number of likely N-dealkylation sites (tertiary alicyclic amines) is 1. The quantitative estimate of drug-likeness (QED) is 0.575. The van der Waals surface area contributed by atoms with E-state index in [0.717, 1.165) is 81.8 Å². The van der Waals surface area contributed by atoms with Gasteiger partial charge in [0, 0.05) is 56.1 Å². The number of esters is 1. The minimum Gasteiger partial charge on any atom is -0.460 e. The molecular weight excluding hydrogens is 452 g/mol. The molecule has 0 bridgehead atoms. The number of rotatable bonds is 6. The third kappa shape index (κ3) is 6.68. The summed E-state index contributed by atoms with van der Waals surface area (Å²) in [5.74, 6) is 1.80. The molecule has 0 spiro atoms. The van der Waals surface area contributed by atoms with Crippen molar-refractivity contribution in [3.8, 4) is 0 Å². The first kappa shape index (κ1) is 26.2. The van der Waals surface area contributed by atoms with Gasteiger partial charge < -0.3 is 19.9 Å². The van der Waals surface area contributed by atoms with E-state index in [2.05, 4.69) is 40.4 Å². The second-order valence-corrected chi connectivity index (χ2v) is 11.6. The van der Waals surface area contributed by atoms with Crippen molar-refractivity contribution in [3.05, 3.63) is 48.4 Å². The number of carbonyl (C=O) groups is 2. The smallest absolute Gasteiger partial charge is 0.309 e. The zero-order valence-corrected chi connectivity index (χ0v) is 22.2. The van der Waals surface area contributed by atoms with Crippen LogP contribution in [-0.4, -0.2) is 53.5 Å². The highest BCUT2D eigenvalue weighted by Gasteiger charge is 2.30. The second kappa shape index (κ2) is 11.1. The molecule has 3 aliphatic rings. The van der Waals surface area contributed by atoms with Gasteiger partial charge in [0.05, 0.1) is 5.92 Å². The number of pyridine rings is 1. The van der Waals surface area contributed by atoms with Gasteiger partial charge in [-0.25, -0.2) is 4.98 Å². The molecule has 1 amide bonds. The summed E-state index contributed by atoms with van der Waals surface area (Å²) in [6, 6.07) is 4.23. The Morgan fingerprint density at radius 2 is 1.81 bits per heavy atom. The molecule has 0 radical (unpaired) electrons. The fourth-order valence-corrected chi connectivity index (χ4v) is 5.58. The molecule has 0 aromatic carbocycles. The average Bonchev–Trinajstić information content (AvgIpc) is 2.84. The number of carbonyl (C=O) groups excluding carboxylic acids is 2. The van der Waals surface area contributed by atoms with Gasteiger partial charge in [-0.1, -0.05) is 19.2 Å². The Labute approximate surface area is 216 Å². The topological polar surface area (TPSA) is 74.8 Å². The SMILES string of the molecule is C=C1NC(=O)CCC1c1ccc(N2CCC(CC(=C)N3CCC(C(=O)OC(C)(C)C)CC3)CC2)nc1. The van der Waals surface area contributed by atoms with Gasteiger partial charge in [-0.05, 0) is 76.8 Å². The highest BCUT2D eigenvalue weighted by Crippen LogP contribution is 2.32. The molecule has 1 unspecified atom stereocenters. The number of nitrogens with zero attached hydrogens (tertiary/aromatic N) is 3. The van der Waals surface area contributed by atoms with Gasteiger partial charge in [0.2, 0.25) is 5.91 Å². The van der Waals surface area contributed by atoms with Crippen LogP contribution in [0.5, 0.6) is 0 Å². The van der Waals surface area contributed by atoms with Crippen molar-refractivity contribution in [1.29, 1.82) is 0 Å². The van der Waals surface area contributed by atoms with Crippen LogP contribution in [-0.2, 0) is 14.3 Å². The maximum absolute atomic E-state index is 12.4. The van der Waals surface area contributed by atoms with E-state index in [1.54, 1.807) is 0 Å². The van der Waals surface area contributed by atoms with E-state index in [1.807, 2.05) is 27.0 Å². The Kier molecular flexibility index (Phi) is 8.06. The van der Waals surface area contributed by atoms with Gasteiger partial charge in [0.1, 0.15) is 11.4 Å². The highest BCUT2D eigenvalue weighted by molar-refractivity contribution is 5.79. The molecule has 0 aliphatic carbocycles. The Hall–Kier alpha value is -2.83. The first-order chi connectivity index (χ1) is 17.1. The molecule has 4 heterocycles. The van der Waals surface area contributed by atoms with Gasteiger partial charge >= 0.3 is 5.97 Å². The van der Waals surface area contributed by atoms with Crippen LogP contribution in [0.2, 0.25) is 0 Å².